The van der Waals surface area contributed by atoms with Gasteiger partial charge >= 0.3 is 5.97 Å². The smallest absolute Gasteiger partial charge is 0.337 e. The van der Waals surface area contributed by atoms with E-state index in [0.29, 0.717) is 22.6 Å². The number of carbonyl (C=O) groups is 1. The van der Waals surface area contributed by atoms with Gasteiger partial charge in [0, 0.05) is 11.1 Å². The topological polar surface area (TPSA) is 98.2 Å². The molecule has 0 fully saturated rings. The molecule has 0 saturated carbocycles. The van der Waals surface area contributed by atoms with Crippen molar-refractivity contribution in [1.82, 2.24) is 4.98 Å². The van der Waals surface area contributed by atoms with Gasteiger partial charge in [-0.3, -0.25) is 0 Å². The number of nitrogen functional groups attached to an aromatic ring is 1. The van der Waals surface area contributed by atoms with Gasteiger partial charge in [-0.05, 0) is 35.9 Å². The summed E-state index contributed by atoms with van der Waals surface area (Å²) in [5.74, 6) is 0.416. The molecule has 0 aliphatic rings. The van der Waals surface area contributed by atoms with E-state index >= 15 is 0 Å². The summed E-state index contributed by atoms with van der Waals surface area (Å²) in [7, 11) is 2.92. The van der Waals surface area contributed by atoms with Crippen molar-refractivity contribution < 1.29 is 14.3 Å². The molecular weight excluding hydrogens is 342 g/mol. The molecule has 3 rings (SSSR count). The number of hydrogen-bond donors (Lipinski definition) is 1. The summed E-state index contributed by atoms with van der Waals surface area (Å²) in [5.41, 5.74) is 9.58. The van der Waals surface area contributed by atoms with E-state index in [9.17, 15) is 10.1 Å². The molecule has 1 aromatic heterocycles. The second-order valence-electron chi connectivity index (χ2n) is 5.73. The van der Waals surface area contributed by atoms with Gasteiger partial charge in [-0.15, -0.1) is 0 Å². The number of carbonyl (C=O) groups excluding carboxylic acids is 1. The van der Waals surface area contributed by atoms with Crippen LogP contribution in [0.4, 0.5) is 5.82 Å². The zero-order chi connectivity index (χ0) is 19.4. The maximum absolute atomic E-state index is 11.6. The van der Waals surface area contributed by atoms with Gasteiger partial charge in [0.2, 0.25) is 0 Å². The van der Waals surface area contributed by atoms with Crippen LogP contribution in [-0.2, 0) is 4.74 Å². The Hall–Kier alpha value is -3.85. The number of nitriles is 1. The van der Waals surface area contributed by atoms with Gasteiger partial charge in [-0.25, -0.2) is 9.78 Å². The van der Waals surface area contributed by atoms with Crippen LogP contribution in [0.15, 0.2) is 54.6 Å². The number of nitrogens with zero attached hydrogens (tertiary/aromatic N) is 2. The van der Waals surface area contributed by atoms with E-state index in [-0.39, 0.29) is 11.4 Å². The van der Waals surface area contributed by atoms with Gasteiger partial charge in [-0.1, -0.05) is 24.3 Å². The van der Waals surface area contributed by atoms with E-state index < -0.39 is 5.97 Å². The molecule has 0 aliphatic carbocycles. The van der Waals surface area contributed by atoms with Crippen LogP contribution in [0.5, 0.6) is 5.75 Å². The molecule has 0 atom stereocenters. The molecule has 0 amide bonds. The van der Waals surface area contributed by atoms with Crippen molar-refractivity contribution in [3.63, 3.8) is 0 Å². The van der Waals surface area contributed by atoms with Crippen LogP contribution in [0.2, 0.25) is 0 Å². The first kappa shape index (κ1) is 18.0. The molecule has 0 spiro atoms. The van der Waals surface area contributed by atoms with E-state index in [1.807, 2.05) is 24.3 Å². The molecule has 134 valence electrons. The van der Waals surface area contributed by atoms with Crippen molar-refractivity contribution in [1.29, 1.82) is 5.26 Å². The van der Waals surface area contributed by atoms with Crippen LogP contribution < -0.4 is 10.5 Å². The van der Waals surface area contributed by atoms with Gasteiger partial charge < -0.3 is 15.2 Å². The van der Waals surface area contributed by atoms with E-state index in [1.54, 1.807) is 37.4 Å². The van der Waals surface area contributed by atoms with Gasteiger partial charge in [-0.2, -0.15) is 5.26 Å². The Morgan fingerprint density at radius 3 is 2.44 bits per heavy atom. The average Bonchev–Trinajstić information content (AvgIpc) is 2.72. The third kappa shape index (κ3) is 3.58. The number of nitrogens with two attached hydrogens (primary N) is 1. The summed E-state index contributed by atoms with van der Waals surface area (Å²) >= 11 is 0. The summed E-state index contributed by atoms with van der Waals surface area (Å²) in [4.78, 5) is 16.0. The fourth-order valence-electron chi connectivity index (χ4n) is 2.74. The summed E-state index contributed by atoms with van der Waals surface area (Å²) in [5, 5.41) is 9.52. The zero-order valence-electron chi connectivity index (χ0n) is 14.9. The van der Waals surface area contributed by atoms with E-state index in [4.69, 9.17) is 15.2 Å². The molecule has 2 N–H and O–H groups in total. The molecule has 3 aromatic rings. The highest BCUT2D eigenvalue weighted by atomic mass is 16.5. The van der Waals surface area contributed by atoms with Gasteiger partial charge in [0.05, 0.1) is 25.5 Å². The normalized spacial score (nSPS) is 10.1. The van der Waals surface area contributed by atoms with Crippen molar-refractivity contribution >= 4 is 11.8 Å². The van der Waals surface area contributed by atoms with E-state index in [0.717, 1.165) is 11.1 Å². The number of esters is 1. The molecule has 0 bridgehead atoms. The van der Waals surface area contributed by atoms with E-state index in [2.05, 4.69) is 11.1 Å². The Bertz CT molecular complexity index is 1040. The first-order valence-electron chi connectivity index (χ1n) is 8.11. The summed E-state index contributed by atoms with van der Waals surface area (Å²) in [6, 6.07) is 18.1. The molecule has 0 aliphatic heterocycles. The maximum atomic E-state index is 11.6. The molecule has 0 radical (unpaired) electrons. The SMILES string of the molecule is COC(=O)c1ccc(-c2cc(-c3cccc(OC)c3)nc(N)c2C#N)cc1. The van der Waals surface area contributed by atoms with Crippen LogP contribution in [0, 0.1) is 11.3 Å². The number of methoxy groups -OCH3 is 2. The predicted molar refractivity (Wildman–Crippen MR) is 102 cm³/mol. The third-order valence-electron chi connectivity index (χ3n) is 4.14. The van der Waals surface area contributed by atoms with Crippen molar-refractivity contribution in [2.24, 2.45) is 0 Å². The third-order valence-corrected chi connectivity index (χ3v) is 4.14. The molecule has 0 unspecified atom stereocenters. The van der Waals surface area contributed by atoms with Crippen LogP contribution in [0.3, 0.4) is 0 Å². The molecular formula is C21H17N3O3. The highest BCUT2D eigenvalue weighted by molar-refractivity contribution is 5.90. The Balaban J connectivity index is 2.13. The minimum atomic E-state index is -0.423. The number of anilines is 1. The fourth-order valence-corrected chi connectivity index (χ4v) is 2.74. The Morgan fingerprint density at radius 1 is 1.07 bits per heavy atom. The highest BCUT2D eigenvalue weighted by Crippen LogP contribution is 2.32. The monoisotopic (exact) mass is 359 g/mol. The van der Waals surface area contributed by atoms with Crippen molar-refractivity contribution in [2.75, 3.05) is 20.0 Å². The van der Waals surface area contributed by atoms with Crippen LogP contribution >= 0.6 is 0 Å². The zero-order valence-corrected chi connectivity index (χ0v) is 14.9. The first-order valence-corrected chi connectivity index (χ1v) is 8.11. The number of benzene rings is 2. The van der Waals surface area contributed by atoms with Gasteiger partial charge in [0.15, 0.2) is 0 Å². The largest absolute Gasteiger partial charge is 0.497 e. The van der Waals surface area contributed by atoms with Crippen molar-refractivity contribution in [3.05, 3.63) is 65.7 Å². The molecule has 27 heavy (non-hydrogen) atoms. The van der Waals surface area contributed by atoms with Crippen LogP contribution in [-0.4, -0.2) is 25.2 Å². The highest BCUT2D eigenvalue weighted by Gasteiger charge is 2.14. The summed E-state index contributed by atoms with van der Waals surface area (Å²) < 4.78 is 9.97. The number of ether oxygens (including phenoxy) is 2. The Labute approximate surface area is 156 Å². The van der Waals surface area contributed by atoms with Crippen molar-refractivity contribution in [2.45, 2.75) is 0 Å². The maximum Gasteiger partial charge on any atom is 0.337 e. The lowest BCUT2D eigenvalue weighted by Crippen LogP contribution is -2.02. The molecule has 6 nitrogen and oxygen atoms in total. The summed E-state index contributed by atoms with van der Waals surface area (Å²) in [6.07, 6.45) is 0. The number of pyridine rings is 1. The average molecular weight is 359 g/mol. The van der Waals surface area contributed by atoms with Crippen LogP contribution in [0.25, 0.3) is 22.4 Å². The number of hydrogen-bond acceptors (Lipinski definition) is 6. The summed E-state index contributed by atoms with van der Waals surface area (Å²) in [6.45, 7) is 0. The minimum absolute atomic E-state index is 0.143. The molecule has 0 saturated heterocycles. The fraction of sp³-hybridized carbons (Fsp3) is 0.0952. The first-order chi connectivity index (χ1) is 13.1. The molecule has 1 heterocycles. The lowest BCUT2D eigenvalue weighted by molar-refractivity contribution is 0.0601. The number of rotatable bonds is 4. The van der Waals surface area contributed by atoms with Gasteiger partial charge in [0.1, 0.15) is 23.2 Å². The lowest BCUT2D eigenvalue weighted by Gasteiger charge is -2.11. The quantitative estimate of drug-likeness (QED) is 0.714. The Kier molecular flexibility index (Phi) is 5.04. The number of aromatic nitrogens is 1. The second-order valence-corrected chi connectivity index (χ2v) is 5.73. The lowest BCUT2D eigenvalue weighted by atomic mass is 9.97. The molecule has 6 heteroatoms. The minimum Gasteiger partial charge on any atom is -0.497 e. The van der Waals surface area contributed by atoms with Crippen molar-refractivity contribution in [3.8, 4) is 34.2 Å². The van der Waals surface area contributed by atoms with E-state index in [1.165, 1.54) is 7.11 Å². The second kappa shape index (κ2) is 7.58. The standard InChI is InChI=1S/C21H17N3O3/c1-26-16-5-3-4-15(10-16)19-11-17(18(12-22)20(23)24-19)13-6-8-14(9-7-13)21(25)27-2/h3-11H,1-2H3,(H2,23,24). The Morgan fingerprint density at radius 2 is 1.81 bits per heavy atom. The van der Waals surface area contributed by atoms with Gasteiger partial charge in [0.25, 0.3) is 0 Å². The van der Waals surface area contributed by atoms with Crippen LogP contribution in [0.1, 0.15) is 15.9 Å². The molecule has 2 aromatic carbocycles. The predicted octanol–water partition coefficient (Wildman–Crippen LogP) is 3.66.